The molecule has 5 nitrogen and oxygen atoms in total. The smallest absolute Gasteiger partial charge is 0.344 e. The topological polar surface area (TPSA) is 68.1 Å². The molecule has 0 fully saturated rings. The molecule has 0 bridgehead atoms. The summed E-state index contributed by atoms with van der Waals surface area (Å²) in [6.45, 7) is -0.0418. The van der Waals surface area contributed by atoms with E-state index in [0.29, 0.717) is 11.6 Å². The Morgan fingerprint density at radius 1 is 1.00 bits per heavy atom. The third-order valence-corrected chi connectivity index (χ3v) is 4.05. The number of benzene rings is 3. The Bertz CT molecular complexity index is 988. The van der Waals surface area contributed by atoms with Gasteiger partial charge < -0.3 is 14.7 Å². The summed E-state index contributed by atoms with van der Waals surface area (Å²) in [4.78, 5) is 15.1. The van der Waals surface area contributed by atoms with Crippen molar-refractivity contribution >= 4 is 23.8 Å². The Kier molecular flexibility index (Phi) is 6.65. The third-order valence-electron chi connectivity index (χ3n) is 3.81. The van der Waals surface area contributed by atoms with E-state index in [0.717, 1.165) is 28.0 Å². The highest BCUT2D eigenvalue weighted by Crippen LogP contribution is 2.25. The first-order valence-electron chi connectivity index (χ1n) is 8.55. The first kappa shape index (κ1) is 19.5. The summed E-state index contributed by atoms with van der Waals surface area (Å²) in [7, 11) is 0. The molecule has 0 atom stereocenters. The van der Waals surface area contributed by atoms with Gasteiger partial charge in [0.1, 0.15) is 12.4 Å². The molecule has 3 aromatic carbocycles. The number of hydrogen-bond donors (Lipinski definition) is 1. The minimum Gasteiger partial charge on any atom is -0.489 e. The molecule has 0 unspecified atom stereocenters. The highest BCUT2D eigenvalue weighted by Gasteiger charge is 2.03. The van der Waals surface area contributed by atoms with E-state index in [2.05, 4.69) is 9.99 Å². The standard InChI is InChI=1S/C22H18ClNO4/c23-20-8-2-5-17(11-20)14-27-21-9-3-7-19(12-21)18-6-1-4-16(10-18)13-24-28-15-22(25)26/h1-13H,14-15H2,(H,25,26). The molecular weight excluding hydrogens is 378 g/mol. The van der Waals surface area contributed by atoms with Crippen LogP contribution in [0.3, 0.4) is 0 Å². The molecule has 0 radical (unpaired) electrons. The normalized spacial score (nSPS) is 10.8. The van der Waals surface area contributed by atoms with Gasteiger partial charge in [0.2, 0.25) is 6.61 Å². The van der Waals surface area contributed by atoms with E-state index < -0.39 is 12.6 Å². The van der Waals surface area contributed by atoms with Gasteiger partial charge in [0.15, 0.2) is 0 Å². The van der Waals surface area contributed by atoms with Crippen molar-refractivity contribution < 1.29 is 19.5 Å². The first-order chi connectivity index (χ1) is 13.6. The molecule has 3 aromatic rings. The second kappa shape index (κ2) is 9.58. The summed E-state index contributed by atoms with van der Waals surface area (Å²) in [6, 6.07) is 23.0. The monoisotopic (exact) mass is 395 g/mol. The fourth-order valence-electron chi connectivity index (χ4n) is 2.55. The van der Waals surface area contributed by atoms with E-state index in [-0.39, 0.29) is 0 Å². The lowest BCUT2D eigenvalue weighted by Crippen LogP contribution is -2.03. The lowest BCUT2D eigenvalue weighted by atomic mass is 10.0. The number of carboxylic acid groups (broad SMARTS) is 1. The van der Waals surface area contributed by atoms with Crippen LogP contribution in [0.4, 0.5) is 0 Å². The quantitative estimate of drug-likeness (QED) is 0.429. The molecule has 28 heavy (non-hydrogen) atoms. The molecule has 0 amide bonds. The second-order valence-corrected chi connectivity index (χ2v) is 6.41. The molecular formula is C22H18ClNO4. The second-order valence-electron chi connectivity index (χ2n) is 5.97. The van der Waals surface area contributed by atoms with E-state index in [9.17, 15) is 4.79 Å². The van der Waals surface area contributed by atoms with Gasteiger partial charge in [-0.15, -0.1) is 0 Å². The fourth-order valence-corrected chi connectivity index (χ4v) is 2.76. The summed E-state index contributed by atoms with van der Waals surface area (Å²) in [5.74, 6) is -0.318. The van der Waals surface area contributed by atoms with Gasteiger partial charge in [0, 0.05) is 5.02 Å². The van der Waals surface area contributed by atoms with Crippen LogP contribution in [-0.2, 0) is 16.2 Å². The lowest BCUT2D eigenvalue weighted by Gasteiger charge is -2.09. The molecule has 0 aliphatic carbocycles. The molecule has 1 N–H and O–H groups in total. The highest BCUT2D eigenvalue weighted by molar-refractivity contribution is 6.30. The van der Waals surface area contributed by atoms with Crippen molar-refractivity contribution in [3.63, 3.8) is 0 Å². The molecule has 3 rings (SSSR count). The van der Waals surface area contributed by atoms with Crippen LogP contribution in [0.5, 0.6) is 5.75 Å². The minimum absolute atomic E-state index is 0.428. The zero-order valence-electron chi connectivity index (χ0n) is 14.9. The number of carbonyl (C=O) groups is 1. The maximum atomic E-state index is 10.4. The minimum atomic E-state index is -1.07. The van der Waals surface area contributed by atoms with Crippen molar-refractivity contribution in [3.8, 4) is 16.9 Å². The van der Waals surface area contributed by atoms with Gasteiger partial charge in [0.05, 0.1) is 6.21 Å². The maximum Gasteiger partial charge on any atom is 0.344 e. The van der Waals surface area contributed by atoms with Gasteiger partial charge in [0.25, 0.3) is 0 Å². The Hall–Kier alpha value is -3.31. The van der Waals surface area contributed by atoms with Crippen LogP contribution >= 0.6 is 11.6 Å². The Balaban J connectivity index is 1.69. The van der Waals surface area contributed by atoms with Crippen LogP contribution in [-0.4, -0.2) is 23.9 Å². The summed E-state index contributed by atoms with van der Waals surface area (Å²) in [5, 5.41) is 12.9. The van der Waals surface area contributed by atoms with Crippen LogP contribution < -0.4 is 4.74 Å². The van der Waals surface area contributed by atoms with E-state index in [1.807, 2.05) is 72.8 Å². The fraction of sp³-hybridized carbons (Fsp3) is 0.0909. The molecule has 0 saturated heterocycles. The van der Waals surface area contributed by atoms with Crippen molar-refractivity contribution in [1.82, 2.24) is 0 Å². The zero-order chi connectivity index (χ0) is 19.8. The van der Waals surface area contributed by atoms with Gasteiger partial charge in [-0.2, -0.15) is 0 Å². The molecule has 0 aliphatic rings. The number of ether oxygens (including phenoxy) is 1. The number of rotatable bonds is 8. The molecule has 0 aromatic heterocycles. The van der Waals surface area contributed by atoms with Gasteiger partial charge in [-0.3, -0.25) is 0 Å². The largest absolute Gasteiger partial charge is 0.489 e. The third kappa shape index (κ3) is 5.86. The number of nitrogens with zero attached hydrogens (tertiary/aromatic N) is 1. The predicted molar refractivity (Wildman–Crippen MR) is 109 cm³/mol. The number of oxime groups is 1. The van der Waals surface area contributed by atoms with Crippen LogP contribution in [0.1, 0.15) is 11.1 Å². The first-order valence-corrected chi connectivity index (χ1v) is 8.93. The van der Waals surface area contributed by atoms with E-state index in [1.54, 1.807) is 0 Å². The predicted octanol–water partition coefficient (Wildman–Crippen LogP) is 5.02. The molecule has 142 valence electrons. The summed E-state index contributed by atoms with van der Waals surface area (Å²) in [6.07, 6.45) is 1.48. The Morgan fingerprint density at radius 3 is 2.54 bits per heavy atom. The van der Waals surface area contributed by atoms with Crippen molar-refractivity contribution in [3.05, 3.63) is 88.9 Å². The SMILES string of the molecule is O=C(O)CON=Cc1cccc(-c2cccc(OCc3cccc(Cl)c3)c2)c1. The number of halogens is 1. The number of aliphatic carboxylic acids is 1. The average molecular weight is 396 g/mol. The highest BCUT2D eigenvalue weighted by atomic mass is 35.5. The van der Waals surface area contributed by atoms with Crippen molar-refractivity contribution in [2.24, 2.45) is 5.16 Å². The number of hydrogen-bond acceptors (Lipinski definition) is 4. The molecule has 0 aliphatic heterocycles. The van der Waals surface area contributed by atoms with Crippen molar-refractivity contribution in [2.45, 2.75) is 6.61 Å². The maximum absolute atomic E-state index is 10.4. The average Bonchev–Trinajstić information content (AvgIpc) is 2.70. The van der Waals surface area contributed by atoms with Crippen molar-refractivity contribution in [1.29, 1.82) is 0 Å². The van der Waals surface area contributed by atoms with E-state index >= 15 is 0 Å². The van der Waals surface area contributed by atoms with E-state index in [1.165, 1.54) is 6.21 Å². The van der Waals surface area contributed by atoms with Gasteiger partial charge in [-0.05, 0) is 52.6 Å². The lowest BCUT2D eigenvalue weighted by molar-refractivity contribution is -0.142. The van der Waals surface area contributed by atoms with Crippen LogP contribution in [0, 0.1) is 0 Å². The van der Waals surface area contributed by atoms with Gasteiger partial charge >= 0.3 is 5.97 Å². The Labute approximate surface area is 167 Å². The molecule has 0 saturated carbocycles. The molecule has 6 heteroatoms. The van der Waals surface area contributed by atoms with Crippen LogP contribution in [0.25, 0.3) is 11.1 Å². The van der Waals surface area contributed by atoms with Gasteiger partial charge in [-0.1, -0.05) is 59.2 Å². The summed E-state index contributed by atoms with van der Waals surface area (Å²) in [5.41, 5.74) is 3.77. The summed E-state index contributed by atoms with van der Waals surface area (Å²) >= 11 is 6.00. The van der Waals surface area contributed by atoms with Crippen LogP contribution in [0.15, 0.2) is 78.0 Å². The zero-order valence-corrected chi connectivity index (χ0v) is 15.7. The van der Waals surface area contributed by atoms with Gasteiger partial charge in [-0.25, -0.2) is 4.79 Å². The van der Waals surface area contributed by atoms with E-state index in [4.69, 9.17) is 21.4 Å². The Morgan fingerprint density at radius 2 is 1.75 bits per heavy atom. The molecule has 0 heterocycles. The summed E-state index contributed by atoms with van der Waals surface area (Å²) < 4.78 is 5.88. The molecule has 0 spiro atoms. The van der Waals surface area contributed by atoms with Crippen molar-refractivity contribution in [2.75, 3.05) is 6.61 Å². The van der Waals surface area contributed by atoms with Crippen LogP contribution in [0.2, 0.25) is 5.02 Å². The number of carboxylic acids is 1.